The van der Waals surface area contributed by atoms with E-state index >= 15 is 0 Å². The molecule has 1 saturated heterocycles. The summed E-state index contributed by atoms with van der Waals surface area (Å²) in [6.45, 7) is 3.79. The molecule has 1 aromatic carbocycles. The summed E-state index contributed by atoms with van der Waals surface area (Å²) in [5.41, 5.74) is 6.33. The van der Waals surface area contributed by atoms with Crippen molar-refractivity contribution >= 4 is 11.8 Å². The zero-order valence-electron chi connectivity index (χ0n) is 11.1. The maximum Gasteiger partial charge on any atom is 0.231 e. The van der Waals surface area contributed by atoms with Crippen LogP contribution in [0.4, 0.5) is 0 Å². The minimum atomic E-state index is -0.330. The first kappa shape index (κ1) is 13.5. The van der Waals surface area contributed by atoms with E-state index in [1.165, 1.54) is 0 Å². The Balaban J connectivity index is 2.18. The van der Waals surface area contributed by atoms with Crippen molar-refractivity contribution in [1.29, 1.82) is 0 Å². The SMILES string of the molecule is CC(=O)N1CCN(CC(N)=O)CC1c1ccccc1. The van der Waals surface area contributed by atoms with Crippen LogP contribution in [0.25, 0.3) is 0 Å². The van der Waals surface area contributed by atoms with Crippen LogP contribution in [0.5, 0.6) is 0 Å². The Labute approximate surface area is 113 Å². The topological polar surface area (TPSA) is 66.6 Å². The summed E-state index contributed by atoms with van der Waals surface area (Å²) < 4.78 is 0. The quantitative estimate of drug-likeness (QED) is 0.855. The van der Waals surface area contributed by atoms with Gasteiger partial charge < -0.3 is 10.6 Å². The van der Waals surface area contributed by atoms with E-state index in [0.717, 1.165) is 5.56 Å². The highest BCUT2D eigenvalue weighted by molar-refractivity contribution is 5.76. The summed E-state index contributed by atoms with van der Waals surface area (Å²) in [6, 6.07) is 9.88. The number of rotatable bonds is 3. The molecule has 2 N–H and O–H groups in total. The lowest BCUT2D eigenvalue weighted by atomic mass is 10.0. The molecule has 2 rings (SSSR count). The lowest BCUT2D eigenvalue weighted by Crippen LogP contribution is -2.51. The number of amides is 2. The molecule has 19 heavy (non-hydrogen) atoms. The molecule has 102 valence electrons. The van der Waals surface area contributed by atoms with Gasteiger partial charge in [-0.15, -0.1) is 0 Å². The largest absolute Gasteiger partial charge is 0.369 e. The van der Waals surface area contributed by atoms with E-state index in [9.17, 15) is 9.59 Å². The van der Waals surface area contributed by atoms with Gasteiger partial charge in [0.2, 0.25) is 11.8 Å². The average molecular weight is 261 g/mol. The molecule has 5 nitrogen and oxygen atoms in total. The third-order valence-corrected chi connectivity index (χ3v) is 3.43. The second-order valence-corrected chi connectivity index (χ2v) is 4.84. The smallest absolute Gasteiger partial charge is 0.231 e. The van der Waals surface area contributed by atoms with E-state index in [2.05, 4.69) is 0 Å². The molecule has 0 bridgehead atoms. The molecule has 1 aromatic rings. The summed E-state index contributed by atoms with van der Waals surface area (Å²) in [5.74, 6) is -0.268. The molecule has 2 amide bonds. The summed E-state index contributed by atoms with van der Waals surface area (Å²) in [5, 5.41) is 0. The first-order chi connectivity index (χ1) is 9.08. The fraction of sp³-hybridized carbons (Fsp3) is 0.429. The van der Waals surface area contributed by atoms with Crippen molar-refractivity contribution in [3.05, 3.63) is 35.9 Å². The Kier molecular flexibility index (Phi) is 4.16. The molecule has 1 unspecified atom stereocenters. The maximum absolute atomic E-state index is 11.7. The van der Waals surface area contributed by atoms with E-state index < -0.39 is 0 Å². The highest BCUT2D eigenvalue weighted by atomic mass is 16.2. The molecule has 1 atom stereocenters. The molecule has 0 aromatic heterocycles. The molecule has 0 radical (unpaired) electrons. The van der Waals surface area contributed by atoms with Crippen molar-refractivity contribution in [3.63, 3.8) is 0 Å². The van der Waals surface area contributed by atoms with Crippen LogP contribution in [0.2, 0.25) is 0 Å². The molecule has 0 aliphatic carbocycles. The first-order valence-corrected chi connectivity index (χ1v) is 6.40. The van der Waals surface area contributed by atoms with Crippen LogP contribution in [0.15, 0.2) is 30.3 Å². The standard InChI is InChI=1S/C14H19N3O2/c1-11(18)17-8-7-16(10-14(15)19)9-13(17)12-5-3-2-4-6-12/h2-6,13H,7-10H2,1H3,(H2,15,19). The normalized spacial score (nSPS) is 20.3. The summed E-state index contributed by atoms with van der Waals surface area (Å²) in [6.07, 6.45) is 0. The van der Waals surface area contributed by atoms with Crippen LogP contribution in [-0.2, 0) is 9.59 Å². The predicted molar refractivity (Wildman–Crippen MR) is 72.2 cm³/mol. The van der Waals surface area contributed by atoms with Crippen molar-refractivity contribution < 1.29 is 9.59 Å². The van der Waals surface area contributed by atoms with Crippen molar-refractivity contribution in [2.24, 2.45) is 5.73 Å². The van der Waals surface area contributed by atoms with Crippen molar-refractivity contribution in [2.75, 3.05) is 26.2 Å². The average Bonchev–Trinajstić information content (AvgIpc) is 2.38. The van der Waals surface area contributed by atoms with Gasteiger partial charge in [-0.25, -0.2) is 0 Å². The first-order valence-electron chi connectivity index (χ1n) is 6.40. The molecule has 0 spiro atoms. The predicted octanol–water partition coefficient (Wildman–Crippen LogP) is 0.377. The van der Waals surface area contributed by atoms with E-state index in [-0.39, 0.29) is 24.4 Å². The lowest BCUT2D eigenvalue weighted by molar-refractivity contribution is -0.134. The van der Waals surface area contributed by atoms with Crippen LogP contribution in [0, 0.1) is 0 Å². The molecule has 1 fully saturated rings. The molecular formula is C14H19N3O2. The van der Waals surface area contributed by atoms with Crippen LogP contribution in [-0.4, -0.2) is 47.8 Å². The van der Waals surface area contributed by atoms with E-state index in [1.807, 2.05) is 40.1 Å². The second-order valence-electron chi connectivity index (χ2n) is 4.84. The number of hydrogen-bond donors (Lipinski definition) is 1. The van der Waals surface area contributed by atoms with Gasteiger partial charge in [0, 0.05) is 26.6 Å². The van der Waals surface area contributed by atoms with Gasteiger partial charge in [-0.3, -0.25) is 14.5 Å². The summed E-state index contributed by atoms with van der Waals surface area (Å²) in [4.78, 5) is 26.6. The Bertz CT molecular complexity index is 461. The third-order valence-electron chi connectivity index (χ3n) is 3.43. The van der Waals surface area contributed by atoms with E-state index in [4.69, 9.17) is 5.73 Å². The number of nitrogens with two attached hydrogens (primary N) is 1. The Morgan fingerprint density at radius 2 is 1.95 bits per heavy atom. The van der Waals surface area contributed by atoms with Crippen LogP contribution in [0.1, 0.15) is 18.5 Å². The number of carbonyl (C=O) groups is 2. The van der Waals surface area contributed by atoms with Gasteiger partial charge in [-0.2, -0.15) is 0 Å². The maximum atomic E-state index is 11.7. The Hall–Kier alpha value is -1.88. The van der Waals surface area contributed by atoms with Gasteiger partial charge in [-0.05, 0) is 5.56 Å². The lowest BCUT2D eigenvalue weighted by Gasteiger charge is -2.40. The van der Waals surface area contributed by atoms with Crippen LogP contribution < -0.4 is 5.73 Å². The van der Waals surface area contributed by atoms with Gasteiger partial charge in [0.15, 0.2) is 0 Å². The highest BCUT2D eigenvalue weighted by Crippen LogP contribution is 2.25. The zero-order chi connectivity index (χ0) is 13.8. The van der Waals surface area contributed by atoms with Crippen molar-refractivity contribution in [1.82, 2.24) is 9.80 Å². The van der Waals surface area contributed by atoms with Gasteiger partial charge >= 0.3 is 0 Å². The van der Waals surface area contributed by atoms with Crippen LogP contribution in [0.3, 0.4) is 0 Å². The number of nitrogens with zero attached hydrogens (tertiary/aromatic N) is 2. The zero-order valence-corrected chi connectivity index (χ0v) is 11.1. The molecule has 1 heterocycles. The molecule has 5 heteroatoms. The van der Waals surface area contributed by atoms with Gasteiger partial charge in [0.25, 0.3) is 0 Å². The third kappa shape index (κ3) is 3.32. The minimum absolute atomic E-state index is 0.00759. The highest BCUT2D eigenvalue weighted by Gasteiger charge is 2.30. The van der Waals surface area contributed by atoms with E-state index in [1.54, 1.807) is 6.92 Å². The van der Waals surface area contributed by atoms with Gasteiger partial charge in [0.05, 0.1) is 12.6 Å². The number of piperazine rings is 1. The molecular weight excluding hydrogens is 242 g/mol. The summed E-state index contributed by atoms with van der Waals surface area (Å²) in [7, 11) is 0. The fourth-order valence-corrected chi connectivity index (χ4v) is 2.54. The van der Waals surface area contributed by atoms with Gasteiger partial charge in [-0.1, -0.05) is 30.3 Å². The fourth-order valence-electron chi connectivity index (χ4n) is 2.54. The Morgan fingerprint density at radius 1 is 1.26 bits per heavy atom. The number of carbonyl (C=O) groups excluding carboxylic acids is 2. The van der Waals surface area contributed by atoms with Crippen LogP contribution >= 0.6 is 0 Å². The van der Waals surface area contributed by atoms with E-state index in [0.29, 0.717) is 19.6 Å². The van der Waals surface area contributed by atoms with Crippen molar-refractivity contribution in [2.45, 2.75) is 13.0 Å². The molecule has 0 saturated carbocycles. The minimum Gasteiger partial charge on any atom is -0.369 e. The number of primary amides is 1. The van der Waals surface area contributed by atoms with Gasteiger partial charge in [0.1, 0.15) is 0 Å². The van der Waals surface area contributed by atoms with Crippen molar-refractivity contribution in [3.8, 4) is 0 Å². The Morgan fingerprint density at radius 3 is 2.53 bits per heavy atom. The second kappa shape index (κ2) is 5.84. The molecule has 1 aliphatic rings. The monoisotopic (exact) mass is 261 g/mol. The molecule has 1 aliphatic heterocycles. The number of hydrogen-bond acceptors (Lipinski definition) is 3. The summed E-state index contributed by atoms with van der Waals surface area (Å²) >= 11 is 0. The number of benzene rings is 1.